The first-order chi connectivity index (χ1) is 35.6. The molecule has 8 rings (SSSR count). The maximum atomic E-state index is 14.1. The van der Waals surface area contributed by atoms with Crippen LogP contribution in [0.1, 0.15) is 147 Å². The van der Waals surface area contributed by atoms with Crippen molar-refractivity contribution >= 4 is 89.8 Å². The molecule has 2 saturated carbocycles. The summed E-state index contributed by atoms with van der Waals surface area (Å²) in [7, 11) is -7.25. The van der Waals surface area contributed by atoms with E-state index in [1.54, 1.807) is 136 Å². The van der Waals surface area contributed by atoms with Gasteiger partial charge in [0.1, 0.15) is 24.4 Å². The number of carboxylic acids is 2. The number of carboxylic acid groups (broad SMARTS) is 2. The molecule has 0 aromatic heterocycles. The van der Waals surface area contributed by atoms with Crippen molar-refractivity contribution in [2.24, 2.45) is 11.8 Å². The van der Waals surface area contributed by atoms with Crippen LogP contribution in [0.4, 0.5) is 0 Å². The molecular formula is C57H70Cl4N2O12S2. The van der Waals surface area contributed by atoms with Gasteiger partial charge in [-0.25, -0.2) is 16.8 Å². The molecule has 4 aromatic carbocycles. The predicted octanol–water partition coefficient (Wildman–Crippen LogP) is 12.4. The van der Waals surface area contributed by atoms with Crippen LogP contribution in [0.15, 0.2) is 97.1 Å². The molecule has 0 spiro atoms. The van der Waals surface area contributed by atoms with E-state index in [4.69, 9.17) is 55.9 Å². The summed E-state index contributed by atoms with van der Waals surface area (Å²) in [4.78, 5) is 54.9. The minimum atomic E-state index is -3.63. The number of carbonyl (C=O) groups is 4. The van der Waals surface area contributed by atoms with Crippen LogP contribution in [-0.2, 0) is 48.3 Å². The third kappa shape index (κ3) is 14.4. The van der Waals surface area contributed by atoms with Gasteiger partial charge >= 0.3 is 11.9 Å². The van der Waals surface area contributed by atoms with Crippen molar-refractivity contribution in [3.8, 4) is 0 Å². The Balaban J connectivity index is 0.000000246. The van der Waals surface area contributed by atoms with Gasteiger partial charge in [-0.2, -0.15) is 0 Å². The zero-order valence-corrected chi connectivity index (χ0v) is 47.9. The molecule has 2 heterocycles. The summed E-state index contributed by atoms with van der Waals surface area (Å²) in [6.07, 6.45) is -0.169. The third-order valence-corrected chi connectivity index (χ3v) is 21.4. The standard InChI is InChI=1S/2C28H33Cl2NO6S.CH4/c2*1-28(2,3)38(35,36)16-22(17-6-4-7-17)31-25(18-10-12-20(29)13-11-18)26(19-8-5-9-21(30)14-19)37-23(27(31)34)15-24(32)33;/h2*5,8-14,17,22-23,25-26H,4,6-7,15-16H2,1-3H3,(H,32,33);1H4/t22-,23+,25+,26+;22-,23-,25+,26+;/m00./s1. The lowest BCUT2D eigenvalue weighted by Gasteiger charge is -2.51. The van der Waals surface area contributed by atoms with Crippen LogP contribution >= 0.6 is 46.4 Å². The van der Waals surface area contributed by atoms with E-state index < -0.39 is 114 Å². The molecule has 0 unspecified atom stereocenters. The summed E-state index contributed by atoms with van der Waals surface area (Å²) >= 11 is 25.0. The molecule has 14 nitrogen and oxygen atoms in total. The summed E-state index contributed by atoms with van der Waals surface area (Å²) in [6.45, 7) is 9.92. The number of rotatable bonds is 16. The zero-order valence-electron chi connectivity index (χ0n) is 43.3. The number of benzene rings is 4. The van der Waals surface area contributed by atoms with Gasteiger partial charge in [0.15, 0.2) is 19.7 Å². The largest absolute Gasteiger partial charge is 0.481 e. The molecule has 420 valence electrons. The number of nitrogens with zero attached hydrogens (tertiary/aromatic N) is 2. The van der Waals surface area contributed by atoms with E-state index in [0.29, 0.717) is 42.3 Å². The van der Waals surface area contributed by atoms with Crippen molar-refractivity contribution in [2.45, 2.75) is 158 Å². The molecule has 4 aliphatic rings. The number of carbonyl (C=O) groups excluding carboxylic acids is 2. The Morgan fingerprint density at radius 1 is 0.545 bits per heavy atom. The fourth-order valence-electron chi connectivity index (χ4n) is 10.2. The molecule has 4 aromatic rings. The van der Waals surface area contributed by atoms with Crippen molar-refractivity contribution < 1.29 is 55.7 Å². The maximum absolute atomic E-state index is 14.1. The number of halogens is 4. The van der Waals surface area contributed by atoms with Crippen LogP contribution in [0.2, 0.25) is 20.1 Å². The summed E-state index contributed by atoms with van der Waals surface area (Å²) in [5, 5.41) is 21.1. The van der Waals surface area contributed by atoms with Crippen LogP contribution in [0.3, 0.4) is 0 Å². The summed E-state index contributed by atoms with van der Waals surface area (Å²) in [5.41, 5.74) is 2.74. The summed E-state index contributed by atoms with van der Waals surface area (Å²) in [6, 6.07) is 25.3. The monoisotopic (exact) mass is 1180 g/mol. The Morgan fingerprint density at radius 2 is 0.870 bits per heavy atom. The average molecular weight is 1180 g/mol. The quantitative estimate of drug-likeness (QED) is 0.108. The Bertz CT molecular complexity index is 2780. The van der Waals surface area contributed by atoms with Crippen LogP contribution < -0.4 is 0 Å². The van der Waals surface area contributed by atoms with E-state index in [2.05, 4.69) is 0 Å². The highest BCUT2D eigenvalue weighted by Crippen LogP contribution is 2.50. The number of hydrogen-bond donors (Lipinski definition) is 2. The molecule has 2 aliphatic carbocycles. The van der Waals surface area contributed by atoms with E-state index in [-0.39, 0.29) is 30.8 Å². The average Bonchev–Trinajstić information content (AvgIpc) is 3.28. The first kappa shape index (κ1) is 61.9. The fraction of sp³-hybridized carbons (Fsp3) is 0.509. The minimum Gasteiger partial charge on any atom is -0.481 e. The molecule has 2 N–H and O–H groups in total. The third-order valence-electron chi connectivity index (χ3n) is 15.1. The molecule has 0 radical (unpaired) electrons. The molecule has 20 heteroatoms. The lowest BCUT2D eigenvalue weighted by molar-refractivity contribution is -0.185. The highest BCUT2D eigenvalue weighted by atomic mass is 35.5. The highest BCUT2D eigenvalue weighted by molar-refractivity contribution is 7.93. The van der Waals surface area contributed by atoms with Crippen molar-refractivity contribution in [3.63, 3.8) is 0 Å². The fourth-order valence-corrected chi connectivity index (χ4v) is 13.6. The van der Waals surface area contributed by atoms with Crippen LogP contribution in [0.5, 0.6) is 0 Å². The van der Waals surface area contributed by atoms with Crippen molar-refractivity contribution in [1.82, 2.24) is 9.80 Å². The molecule has 8 atom stereocenters. The Morgan fingerprint density at radius 3 is 1.13 bits per heavy atom. The molecule has 2 aliphatic heterocycles. The normalized spacial score (nSPS) is 23.4. The zero-order chi connectivity index (χ0) is 55.7. The summed E-state index contributed by atoms with van der Waals surface area (Å²) in [5.74, 6) is -3.92. The van der Waals surface area contributed by atoms with E-state index in [0.717, 1.165) is 38.5 Å². The molecule has 2 amide bonds. The van der Waals surface area contributed by atoms with Crippen molar-refractivity contribution in [1.29, 1.82) is 0 Å². The highest BCUT2D eigenvalue weighted by Gasteiger charge is 2.53. The van der Waals surface area contributed by atoms with E-state index >= 15 is 0 Å². The number of amides is 2. The second-order valence-corrected chi connectivity index (χ2v) is 29.5. The van der Waals surface area contributed by atoms with Gasteiger partial charge in [-0.1, -0.05) is 115 Å². The van der Waals surface area contributed by atoms with E-state index in [1.165, 1.54) is 0 Å². The van der Waals surface area contributed by atoms with Gasteiger partial charge < -0.3 is 29.5 Å². The number of ether oxygens (including phenoxy) is 2. The molecule has 4 fully saturated rings. The first-order valence-corrected chi connectivity index (χ1v) is 30.2. The smallest absolute Gasteiger partial charge is 0.306 e. The van der Waals surface area contributed by atoms with Crippen molar-refractivity contribution in [2.75, 3.05) is 11.5 Å². The molecular weight excluding hydrogens is 1110 g/mol. The lowest BCUT2D eigenvalue weighted by atomic mass is 9.78. The number of aliphatic carboxylic acids is 2. The van der Waals surface area contributed by atoms with Gasteiger partial charge in [-0.3, -0.25) is 19.2 Å². The molecule has 0 bridgehead atoms. The van der Waals surface area contributed by atoms with Crippen molar-refractivity contribution in [3.05, 3.63) is 139 Å². The maximum Gasteiger partial charge on any atom is 0.306 e. The second-order valence-electron chi connectivity index (χ2n) is 22.2. The van der Waals surface area contributed by atoms with Crippen LogP contribution in [0, 0.1) is 11.8 Å². The van der Waals surface area contributed by atoms with Gasteiger partial charge in [0.05, 0.1) is 45.9 Å². The molecule has 2 saturated heterocycles. The SMILES string of the molecule is C.CC(C)(C)S(=O)(=O)C[C@@H](C1CCC1)N1C(=O)[C@@H](CC(=O)O)O[C@H](c2cccc(Cl)c2)[C@H]1c1ccc(Cl)cc1.CC(C)(C)S(=O)(=O)C[C@@H](C1CCC1)N1C(=O)[C@H](CC(=O)O)O[C@H](c2cccc(Cl)c2)[C@H]1c1ccc(Cl)cc1. The van der Waals surface area contributed by atoms with E-state index in [9.17, 15) is 46.2 Å². The van der Waals surface area contributed by atoms with Gasteiger partial charge in [0, 0.05) is 32.2 Å². The first-order valence-electron chi connectivity index (χ1n) is 25.4. The second kappa shape index (κ2) is 25.0. The number of morpholine rings is 2. The van der Waals surface area contributed by atoms with Crippen LogP contribution in [0.25, 0.3) is 0 Å². The lowest BCUT2D eigenvalue weighted by Crippen LogP contribution is -2.60. The number of sulfone groups is 2. The van der Waals surface area contributed by atoms with Gasteiger partial charge in [0.25, 0.3) is 11.8 Å². The van der Waals surface area contributed by atoms with Gasteiger partial charge in [-0.15, -0.1) is 0 Å². The molecule has 77 heavy (non-hydrogen) atoms. The van der Waals surface area contributed by atoms with Gasteiger partial charge in [0.2, 0.25) is 0 Å². The Labute approximate surface area is 473 Å². The number of hydrogen-bond acceptors (Lipinski definition) is 10. The Hall–Kier alpha value is -4.26. The Kier molecular flexibility index (Phi) is 20.1. The minimum absolute atomic E-state index is 0. The van der Waals surface area contributed by atoms with Gasteiger partial charge in [-0.05, 0) is 150 Å². The topological polar surface area (TPSA) is 202 Å². The van der Waals surface area contributed by atoms with Crippen LogP contribution in [-0.4, -0.2) is 106 Å². The van der Waals surface area contributed by atoms with E-state index in [1.807, 2.05) is 12.1 Å². The predicted molar refractivity (Wildman–Crippen MR) is 301 cm³/mol. The summed E-state index contributed by atoms with van der Waals surface area (Å²) < 4.78 is 64.5.